The van der Waals surface area contributed by atoms with Gasteiger partial charge < -0.3 is 47.1 Å². The maximum absolute atomic E-state index is 15.5. The van der Waals surface area contributed by atoms with Crippen molar-refractivity contribution in [3.63, 3.8) is 0 Å². The fourth-order valence-corrected chi connectivity index (χ4v) is 28.7. The first-order valence-corrected chi connectivity index (χ1v) is 45.7. The predicted molar refractivity (Wildman–Crippen MR) is 384 cm³/mol. The molecule has 12 aliphatic carbocycles. The van der Waals surface area contributed by atoms with Crippen molar-refractivity contribution in [1.82, 2.24) is 0 Å². The van der Waals surface area contributed by atoms with Gasteiger partial charge in [0, 0.05) is 35.9 Å². The molecule has 3 aliphatic heterocycles. The van der Waals surface area contributed by atoms with Gasteiger partial charge in [0.05, 0.1) is 49.3 Å². The molecule has 15 aliphatic rings. The van der Waals surface area contributed by atoms with E-state index < -0.39 is 45.8 Å². The molecule has 1 N–H and O–H groups in total. The SMILES string of the molecule is CC1(C)O[C@@H]2C3C(CC[C@]4(C)C(=O)CCC34)[C@@]3(C)CC[C@H](O)CC3[C@H]2O1.CC1(C)O[C@@H]2C3C(CC[C@]4(C)C(=O)CCC34)[C@@]3(C)CC[C@H](O[Si](C)(C)C(C)(C)C)CC3[C@H]2O1.CCOC(=O)/C(F)=C1/CCC2C3C(CC[C@]12C)[C@@]1(C)CC[C@H](O[Si](C)(C)C(C)(C)C)CC1[C@H]1OC(C)(C)O[C@H]31. The Morgan fingerprint density at radius 2 is 0.776 bits per heavy atom. The van der Waals surface area contributed by atoms with Crippen molar-refractivity contribution in [3.05, 3.63) is 11.4 Å². The van der Waals surface area contributed by atoms with Gasteiger partial charge in [0.2, 0.25) is 5.83 Å². The Hall–Kier alpha value is -1.45. The third kappa shape index (κ3) is 12.0. The topological polar surface area (TPSA) is 155 Å². The molecule has 3 saturated heterocycles. The quantitative estimate of drug-likeness (QED) is 0.153. The molecule has 13 nitrogen and oxygen atoms in total. The zero-order valence-electron chi connectivity index (χ0n) is 65.4. The molecule has 0 aromatic carbocycles. The molecular formula is C82H135FO13Si2. The first kappa shape index (κ1) is 74.8. The Bertz CT molecular complexity index is 3090. The second-order valence-electron chi connectivity index (χ2n) is 41.2. The van der Waals surface area contributed by atoms with Crippen LogP contribution in [0.4, 0.5) is 4.39 Å². The molecule has 0 amide bonds. The lowest BCUT2D eigenvalue weighted by Gasteiger charge is -2.63. The fourth-order valence-electron chi connectivity index (χ4n) is 25.9. The summed E-state index contributed by atoms with van der Waals surface area (Å²) in [6.45, 7) is 51.9. The summed E-state index contributed by atoms with van der Waals surface area (Å²) in [7, 11) is -3.70. The summed E-state index contributed by atoms with van der Waals surface area (Å²) in [6, 6.07) is 0. The molecule has 0 radical (unpaired) electrons. The van der Waals surface area contributed by atoms with Gasteiger partial charge >= 0.3 is 5.97 Å². The van der Waals surface area contributed by atoms with Crippen LogP contribution < -0.4 is 0 Å². The van der Waals surface area contributed by atoms with Crippen LogP contribution in [-0.2, 0) is 56.4 Å². The van der Waals surface area contributed by atoms with Crippen LogP contribution in [0.2, 0.25) is 36.3 Å². The van der Waals surface area contributed by atoms with Gasteiger partial charge in [-0.25, -0.2) is 4.79 Å². The monoisotopic (exact) mass is 1400 g/mol. The van der Waals surface area contributed by atoms with Crippen LogP contribution in [0.25, 0.3) is 0 Å². The van der Waals surface area contributed by atoms with E-state index in [2.05, 4.69) is 123 Å². The Morgan fingerprint density at radius 1 is 0.449 bits per heavy atom. The molecule has 98 heavy (non-hydrogen) atoms. The summed E-state index contributed by atoms with van der Waals surface area (Å²) in [5.74, 6) is 3.01. The molecule has 15 fully saturated rings. The third-order valence-corrected chi connectivity index (χ3v) is 42.0. The molecule has 12 saturated carbocycles. The van der Waals surface area contributed by atoms with Crippen molar-refractivity contribution >= 4 is 34.2 Å². The van der Waals surface area contributed by atoms with Crippen molar-refractivity contribution < 1.29 is 65.9 Å². The number of allylic oxidation sites excluding steroid dienone is 1. The minimum Gasteiger partial charge on any atom is -0.461 e. The van der Waals surface area contributed by atoms with Crippen molar-refractivity contribution in [3.8, 4) is 0 Å². The van der Waals surface area contributed by atoms with Crippen LogP contribution >= 0.6 is 0 Å². The number of ether oxygens (including phenoxy) is 7. The Morgan fingerprint density at radius 3 is 1.14 bits per heavy atom. The summed E-state index contributed by atoms with van der Waals surface area (Å²) >= 11 is 0. The molecule has 0 bridgehead atoms. The Labute approximate surface area is 593 Å². The number of esters is 1. The van der Waals surface area contributed by atoms with Gasteiger partial charge in [-0.1, -0.05) is 83.1 Å². The standard InChI is InChI=1S/C32H53FO5Si.C28H48O4Si.C22H34O4/c1-11-35-28(34)25(33)22-13-12-20-24-21(15-17-31(20,22)7)32(8)16-14-19(38-39(9,10)29(2,3)4)18-23(32)26-27(24)37-30(5,6)36-26;1-25(2,3)33(8,9)32-17-12-14-27(6)19-13-15-28(7)18(10-11-21(28)29)22(19)24-23(20(27)16-17)30-26(4,5)31-24;1-20(2)25-18-15-11-12(23)7-9-21(15,3)14-8-10-22(4)13(5-6-16(22)24)17(14)19(18)26-20/h19-21,23-24,26-27H,11-18H2,1-10H3;17-20,22-24H,10-16H2,1-9H3;12-15,17-19,23H,5-11H2,1-4H3/b25-22+;;/t19-,20?,21?,23?,24?,26+,27+,31-,32+;17-,18?,19?,20?,22?,23+,24+,27+,28-;12-,13?,14?,15?,17?,18+,19+,21+,22-/m000/s1. The average molecular weight is 1400 g/mol. The minimum absolute atomic E-state index is 0.00988. The van der Waals surface area contributed by atoms with Gasteiger partial charge in [-0.3, -0.25) is 9.59 Å². The largest absolute Gasteiger partial charge is 0.461 e. The average Bonchev–Trinajstić information content (AvgIpc) is 1.44. The molecule has 556 valence electrons. The van der Waals surface area contributed by atoms with Crippen LogP contribution in [0, 0.1) is 104 Å². The first-order valence-electron chi connectivity index (χ1n) is 39.9. The summed E-state index contributed by atoms with van der Waals surface area (Å²) in [5.41, 5.74) is 0.615. The number of aliphatic hydroxyl groups is 1. The van der Waals surface area contributed by atoms with Crippen molar-refractivity contribution in [2.45, 2.75) is 375 Å². The summed E-state index contributed by atoms with van der Waals surface area (Å²) in [6.07, 6.45) is 21.7. The van der Waals surface area contributed by atoms with Crippen molar-refractivity contribution in [2.24, 2.45) is 104 Å². The highest BCUT2D eigenvalue weighted by atomic mass is 28.4. The fraction of sp³-hybridized carbons (Fsp3) is 0.939. The zero-order chi connectivity index (χ0) is 71.4. The molecule has 27 atom stereocenters. The number of Topliss-reactive ketones (excluding diaryl/α,β-unsaturated/α-hetero) is 2. The normalized spacial score (nSPS) is 49.7. The number of ketones is 2. The maximum Gasteiger partial charge on any atom is 0.367 e. The molecule has 12 unspecified atom stereocenters. The van der Waals surface area contributed by atoms with Crippen LogP contribution in [0.15, 0.2) is 11.4 Å². The summed E-state index contributed by atoms with van der Waals surface area (Å²) in [4.78, 5) is 38.1. The molecule has 0 spiro atoms. The lowest BCUT2D eigenvalue weighted by Crippen LogP contribution is -2.63. The minimum atomic E-state index is -1.88. The summed E-state index contributed by atoms with van der Waals surface area (Å²) < 4.78 is 74.5. The van der Waals surface area contributed by atoms with Gasteiger partial charge in [-0.05, 0) is 305 Å². The highest BCUT2D eigenvalue weighted by molar-refractivity contribution is 6.74. The first-order chi connectivity index (χ1) is 45.2. The van der Waals surface area contributed by atoms with Crippen LogP contribution in [-0.4, -0.2) is 118 Å². The van der Waals surface area contributed by atoms with Crippen LogP contribution in [0.1, 0.15) is 266 Å². The van der Waals surface area contributed by atoms with Crippen LogP contribution in [0.3, 0.4) is 0 Å². The van der Waals surface area contributed by atoms with Gasteiger partial charge in [-0.2, -0.15) is 4.39 Å². The number of halogens is 1. The number of fused-ring (bicyclic) bond motifs is 24. The lowest BCUT2D eigenvalue weighted by molar-refractivity contribution is -0.186. The van der Waals surface area contributed by atoms with E-state index in [-0.39, 0.29) is 104 Å². The van der Waals surface area contributed by atoms with Crippen LogP contribution in [0.5, 0.6) is 0 Å². The zero-order valence-corrected chi connectivity index (χ0v) is 67.4. The third-order valence-electron chi connectivity index (χ3n) is 32.9. The van der Waals surface area contributed by atoms with E-state index in [4.69, 9.17) is 42.0 Å². The van der Waals surface area contributed by atoms with Crippen molar-refractivity contribution in [2.75, 3.05) is 6.61 Å². The van der Waals surface area contributed by atoms with E-state index in [0.717, 1.165) is 122 Å². The molecule has 15 rings (SSSR count). The maximum atomic E-state index is 15.5. The van der Waals surface area contributed by atoms with Gasteiger partial charge in [-0.15, -0.1) is 0 Å². The number of carbonyl (C=O) groups is 3. The second-order valence-corrected chi connectivity index (χ2v) is 50.7. The van der Waals surface area contributed by atoms with E-state index in [0.29, 0.717) is 94.8 Å². The van der Waals surface area contributed by atoms with Gasteiger partial charge in [0.1, 0.15) is 11.6 Å². The molecular weight excluding hydrogens is 1270 g/mol. The van der Waals surface area contributed by atoms with E-state index >= 15 is 4.39 Å². The van der Waals surface area contributed by atoms with E-state index in [1.807, 2.05) is 27.7 Å². The second kappa shape index (κ2) is 24.8. The number of rotatable bonds is 6. The molecule has 16 heteroatoms. The molecule has 0 aromatic rings. The highest BCUT2D eigenvalue weighted by Gasteiger charge is 2.73. The molecule has 0 aromatic heterocycles. The van der Waals surface area contributed by atoms with Crippen molar-refractivity contribution in [1.29, 1.82) is 0 Å². The number of aliphatic hydroxyl groups excluding tert-OH is 1. The van der Waals surface area contributed by atoms with E-state index in [1.165, 1.54) is 6.42 Å². The smallest absolute Gasteiger partial charge is 0.367 e. The van der Waals surface area contributed by atoms with Gasteiger partial charge in [0.25, 0.3) is 0 Å². The number of hydrogen-bond acceptors (Lipinski definition) is 13. The lowest BCUT2D eigenvalue weighted by atomic mass is 9.43. The highest BCUT2D eigenvalue weighted by Crippen LogP contribution is 2.73. The molecule has 3 heterocycles. The predicted octanol–water partition coefficient (Wildman–Crippen LogP) is 18.4. The Balaban J connectivity index is 0.000000135. The summed E-state index contributed by atoms with van der Waals surface area (Å²) in [5, 5.41) is 10.8. The number of hydrogen-bond donors (Lipinski definition) is 1. The van der Waals surface area contributed by atoms with Gasteiger partial charge in [0.15, 0.2) is 34.0 Å². The van der Waals surface area contributed by atoms with E-state index in [9.17, 15) is 19.5 Å². The number of carbonyl (C=O) groups excluding carboxylic acids is 3. The van der Waals surface area contributed by atoms with E-state index in [1.54, 1.807) is 6.92 Å². The Kier molecular flexibility index (Phi) is 18.9.